The molecule has 114 valence electrons. The van der Waals surface area contributed by atoms with Crippen molar-refractivity contribution in [2.75, 3.05) is 26.2 Å². The van der Waals surface area contributed by atoms with Crippen molar-refractivity contribution in [3.8, 4) is 0 Å². The van der Waals surface area contributed by atoms with E-state index in [-0.39, 0.29) is 6.54 Å². The molecule has 0 aromatic heterocycles. The summed E-state index contributed by atoms with van der Waals surface area (Å²) in [7, 11) is 0. The van der Waals surface area contributed by atoms with E-state index in [1.54, 1.807) is 20.8 Å². The van der Waals surface area contributed by atoms with Gasteiger partial charge in [0, 0.05) is 0 Å². The van der Waals surface area contributed by atoms with Crippen molar-refractivity contribution in [2.45, 2.75) is 45.3 Å². The molecule has 19 heavy (non-hydrogen) atoms. The Balaban J connectivity index is 4.27. The van der Waals surface area contributed by atoms with Crippen molar-refractivity contribution in [1.29, 1.82) is 0 Å². The van der Waals surface area contributed by atoms with E-state index in [1.165, 1.54) is 4.90 Å². The quantitative estimate of drug-likeness (QED) is 0.681. The average molecular weight is 284 g/mol. The third-order valence-electron chi connectivity index (χ3n) is 3.04. The van der Waals surface area contributed by atoms with E-state index in [1.807, 2.05) is 0 Å². The maximum absolute atomic E-state index is 12.3. The summed E-state index contributed by atoms with van der Waals surface area (Å²) in [5, 5.41) is 12.0. The highest BCUT2D eigenvalue weighted by Gasteiger charge is 2.33. The van der Waals surface area contributed by atoms with Crippen molar-refractivity contribution in [3.63, 3.8) is 0 Å². The summed E-state index contributed by atoms with van der Waals surface area (Å²) in [5.74, 6) is -0.979. The molecule has 1 atom stereocenters. The first-order chi connectivity index (χ1) is 8.64. The predicted molar refractivity (Wildman–Crippen MR) is 67.1 cm³/mol. The number of carboxylic acid groups (broad SMARTS) is 1. The van der Waals surface area contributed by atoms with E-state index in [0.717, 1.165) is 0 Å². The smallest absolute Gasteiger partial charge is 0.401 e. The molecule has 0 spiro atoms. The van der Waals surface area contributed by atoms with Crippen LogP contribution >= 0.6 is 0 Å². The minimum absolute atomic E-state index is 0.240. The lowest BCUT2D eigenvalue weighted by Gasteiger charge is -2.28. The molecule has 2 N–H and O–H groups in total. The van der Waals surface area contributed by atoms with Crippen molar-refractivity contribution in [3.05, 3.63) is 0 Å². The van der Waals surface area contributed by atoms with Crippen LogP contribution in [0.15, 0.2) is 0 Å². The van der Waals surface area contributed by atoms with Gasteiger partial charge in [-0.1, -0.05) is 13.8 Å². The first-order valence-corrected chi connectivity index (χ1v) is 6.42. The fraction of sp³-hybridized carbons (Fsp3) is 0.917. The Hall–Kier alpha value is -0.820. The summed E-state index contributed by atoms with van der Waals surface area (Å²) in [6, 6.07) is 0. The van der Waals surface area contributed by atoms with Gasteiger partial charge in [0.2, 0.25) is 0 Å². The van der Waals surface area contributed by atoms with Crippen LogP contribution in [0.2, 0.25) is 0 Å². The lowest BCUT2D eigenvalue weighted by Crippen LogP contribution is -2.49. The molecule has 0 aromatic rings. The van der Waals surface area contributed by atoms with Crippen molar-refractivity contribution in [1.82, 2.24) is 10.2 Å². The monoisotopic (exact) mass is 284 g/mol. The number of nitrogens with one attached hydrogen (secondary N) is 1. The van der Waals surface area contributed by atoms with Crippen molar-refractivity contribution < 1.29 is 23.1 Å². The zero-order valence-corrected chi connectivity index (χ0v) is 11.7. The lowest BCUT2D eigenvalue weighted by atomic mass is 9.95. The Labute approximate surface area is 112 Å². The van der Waals surface area contributed by atoms with Gasteiger partial charge in [-0.05, 0) is 39.4 Å². The molecule has 0 radical (unpaired) electrons. The second kappa shape index (κ2) is 7.69. The molecule has 0 saturated carbocycles. The fourth-order valence-electron chi connectivity index (χ4n) is 1.92. The molecule has 1 unspecified atom stereocenters. The highest BCUT2D eigenvalue weighted by Crippen LogP contribution is 2.18. The second-order valence-corrected chi connectivity index (χ2v) is 4.76. The molecule has 4 nitrogen and oxygen atoms in total. The Morgan fingerprint density at radius 3 is 2.26 bits per heavy atom. The van der Waals surface area contributed by atoms with Crippen LogP contribution in [-0.4, -0.2) is 53.9 Å². The number of aliphatic carboxylic acids is 1. The summed E-state index contributed by atoms with van der Waals surface area (Å²) < 4.78 is 36.8. The van der Waals surface area contributed by atoms with E-state index >= 15 is 0 Å². The molecule has 0 amide bonds. The van der Waals surface area contributed by atoms with Crippen molar-refractivity contribution in [2.24, 2.45) is 0 Å². The number of likely N-dealkylation sites (N-methyl/N-ethyl adjacent to an activating group) is 1. The van der Waals surface area contributed by atoms with Crippen LogP contribution in [0, 0.1) is 0 Å². The molecular formula is C12H23F3N2O2. The molecule has 0 aliphatic heterocycles. The highest BCUT2D eigenvalue weighted by molar-refractivity contribution is 5.78. The number of carbonyl (C=O) groups is 1. The molecule has 0 saturated heterocycles. The molecular weight excluding hydrogens is 261 g/mol. The number of nitrogens with zero attached hydrogens (tertiary/aromatic N) is 1. The Kier molecular flexibility index (Phi) is 7.36. The molecule has 0 aliphatic rings. The van der Waals surface area contributed by atoms with Gasteiger partial charge in [-0.2, -0.15) is 13.2 Å². The van der Waals surface area contributed by atoms with Gasteiger partial charge in [-0.25, -0.2) is 0 Å². The van der Waals surface area contributed by atoms with E-state index in [2.05, 4.69) is 5.32 Å². The molecule has 0 heterocycles. The Morgan fingerprint density at radius 2 is 1.89 bits per heavy atom. The Morgan fingerprint density at radius 1 is 1.32 bits per heavy atom. The normalized spacial score (nSPS) is 15.5. The van der Waals surface area contributed by atoms with Crippen LogP contribution in [0.25, 0.3) is 0 Å². The van der Waals surface area contributed by atoms with Crippen LogP contribution in [0.5, 0.6) is 0 Å². The van der Waals surface area contributed by atoms with E-state index in [9.17, 15) is 18.0 Å². The van der Waals surface area contributed by atoms with E-state index < -0.39 is 24.2 Å². The van der Waals surface area contributed by atoms with E-state index in [0.29, 0.717) is 25.9 Å². The number of alkyl halides is 3. The van der Waals surface area contributed by atoms with Gasteiger partial charge in [-0.3, -0.25) is 9.69 Å². The maximum Gasteiger partial charge on any atom is 0.401 e. The van der Waals surface area contributed by atoms with Crippen LogP contribution < -0.4 is 5.32 Å². The predicted octanol–water partition coefficient (Wildman–Crippen LogP) is 2.10. The summed E-state index contributed by atoms with van der Waals surface area (Å²) in [6.45, 7) is 5.10. The third kappa shape index (κ3) is 7.37. The van der Waals surface area contributed by atoms with Crippen molar-refractivity contribution >= 4 is 5.97 Å². The van der Waals surface area contributed by atoms with E-state index in [4.69, 9.17) is 5.11 Å². The number of hydrogen-bond donors (Lipinski definition) is 2. The largest absolute Gasteiger partial charge is 0.480 e. The molecule has 0 aromatic carbocycles. The van der Waals surface area contributed by atoms with Gasteiger partial charge in [0.25, 0.3) is 0 Å². The molecule has 0 aliphatic carbocycles. The van der Waals surface area contributed by atoms with Gasteiger partial charge in [-0.15, -0.1) is 0 Å². The summed E-state index contributed by atoms with van der Waals surface area (Å²) in [5.41, 5.74) is -1.08. The van der Waals surface area contributed by atoms with Gasteiger partial charge in [0.1, 0.15) is 5.54 Å². The average Bonchev–Trinajstić information content (AvgIpc) is 2.26. The lowest BCUT2D eigenvalue weighted by molar-refractivity contribution is -0.147. The zero-order chi connectivity index (χ0) is 15.1. The maximum atomic E-state index is 12.3. The van der Waals surface area contributed by atoms with Crippen LogP contribution in [0.4, 0.5) is 13.2 Å². The summed E-state index contributed by atoms with van der Waals surface area (Å²) in [4.78, 5) is 12.4. The SMILES string of the molecule is CCNC(C)(CCCN(CC)CC(F)(F)F)C(=O)O. The van der Waals surface area contributed by atoms with Gasteiger partial charge < -0.3 is 10.4 Å². The highest BCUT2D eigenvalue weighted by atomic mass is 19.4. The minimum Gasteiger partial charge on any atom is -0.480 e. The number of rotatable bonds is 9. The van der Waals surface area contributed by atoms with Crippen LogP contribution in [-0.2, 0) is 4.79 Å². The third-order valence-corrected chi connectivity index (χ3v) is 3.04. The van der Waals surface area contributed by atoms with Crippen LogP contribution in [0.1, 0.15) is 33.6 Å². The zero-order valence-electron chi connectivity index (χ0n) is 11.7. The first kappa shape index (κ1) is 18.2. The molecule has 0 bridgehead atoms. The van der Waals surface area contributed by atoms with Crippen LogP contribution in [0.3, 0.4) is 0 Å². The first-order valence-electron chi connectivity index (χ1n) is 6.42. The fourth-order valence-corrected chi connectivity index (χ4v) is 1.92. The van der Waals surface area contributed by atoms with Gasteiger partial charge >= 0.3 is 12.1 Å². The summed E-state index contributed by atoms with van der Waals surface area (Å²) in [6.07, 6.45) is -3.52. The minimum atomic E-state index is -4.21. The van der Waals surface area contributed by atoms with Gasteiger partial charge in [0.15, 0.2) is 0 Å². The topological polar surface area (TPSA) is 52.6 Å². The standard InChI is InChI=1S/C12H23F3N2O2/c1-4-16-11(3,10(18)19)7-6-8-17(5-2)9-12(13,14)15/h16H,4-9H2,1-3H3,(H,18,19). The number of hydrogen-bond acceptors (Lipinski definition) is 3. The van der Waals surface area contributed by atoms with Gasteiger partial charge in [0.05, 0.1) is 6.54 Å². The molecule has 7 heteroatoms. The number of halogens is 3. The molecule has 0 fully saturated rings. The number of carboxylic acids is 1. The molecule has 0 rings (SSSR count). The summed E-state index contributed by atoms with van der Waals surface area (Å²) >= 11 is 0. The second-order valence-electron chi connectivity index (χ2n) is 4.76. The Bertz CT molecular complexity index is 285.